The molecule has 0 aliphatic heterocycles. The van der Waals surface area contributed by atoms with Crippen LogP contribution in [-0.4, -0.2) is 13.0 Å². The number of carbonyl (C=O) groups is 1. The molecule has 0 unspecified atom stereocenters. The van der Waals surface area contributed by atoms with Crippen LogP contribution >= 0.6 is 0 Å². The van der Waals surface area contributed by atoms with Gasteiger partial charge in [-0.1, -0.05) is 18.2 Å². The number of carbonyl (C=O) groups excluding carboxylic acids is 1. The third kappa shape index (κ3) is 1.52. The normalized spacial score (nSPS) is 10.2. The maximum absolute atomic E-state index is 11.2. The lowest BCUT2D eigenvalue weighted by molar-refractivity contribution is 0.100. The molecule has 3 nitrogen and oxygen atoms in total. The number of hydrogen-bond donors (Lipinski definition) is 1. The minimum atomic E-state index is -0.442. The van der Waals surface area contributed by atoms with E-state index in [1.165, 1.54) is 0 Å². The predicted octanol–water partition coefficient (Wildman–Crippen LogP) is 1.75. The van der Waals surface area contributed by atoms with Crippen LogP contribution in [0.25, 0.3) is 10.8 Å². The second kappa shape index (κ2) is 3.61. The van der Waals surface area contributed by atoms with Crippen molar-refractivity contribution in [3.63, 3.8) is 0 Å². The van der Waals surface area contributed by atoms with Crippen molar-refractivity contribution in [1.29, 1.82) is 0 Å². The van der Waals surface area contributed by atoms with E-state index in [1.54, 1.807) is 25.3 Å². The number of ether oxygens (including phenoxy) is 1. The second-order valence-electron chi connectivity index (χ2n) is 3.14. The molecule has 0 saturated carbocycles. The van der Waals surface area contributed by atoms with Gasteiger partial charge in [-0.05, 0) is 23.6 Å². The Kier molecular flexibility index (Phi) is 2.29. The summed E-state index contributed by atoms with van der Waals surface area (Å²) in [4.78, 5) is 11.2. The predicted molar refractivity (Wildman–Crippen MR) is 57.9 cm³/mol. The van der Waals surface area contributed by atoms with Gasteiger partial charge in [0.1, 0.15) is 5.75 Å². The number of primary amides is 1. The van der Waals surface area contributed by atoms with Gasteiger partial charge in [0, 0.05) is 10.9 Å². The van der Waals surface area contributed by atoms with E-state index < -0.39 is 5.91 Å². The lowest BCUT2D eigenvalue weighted by atomic mass is 10.0. The van der Waals surface area contributed by atoms with Crippen molar-refractivity contribution in [2.45, 2.75) is 0 Å². The summed E-state index contributed by atoms with van der Waals surface area (Å²) in [6.45, 7) is 0. The summed E-state index contributed by atoms with van der Waals surface area (Å²) in [7, 11) is 1.58. The van der Waals surface area contributed by atoms with Crippen LogP contribution in [0, 0.1) is 6.07 Å². The Morgan fingerprint density at radius 2 is 2.20 bits per heavy atom. The first-order valence-corrected chi connectivity index (χ1v) is 4.51. The van der Waals surface area contributed by atoms with E-state index in [0.29, 0.717) is 11.3 Å². The van der Waals surface area contributed by atoms with Gasteiger partial charge in [0.15, 0.2) is 0 Å². The van der Waals surface area contributed by atoms with Crippen molar-refractivity contribution in [3.05, 3.63) is 42.0 Å². The van der Waals surface area contributed by atoms with Crippen LogP contribution in [0.15, 0.2) is 30.3 Å². The van der Waals surface area contributed by atoms with E-state index in [9.17, 15) is 4.79 Å². The average molecular weight is 200 g/mol. The molecule has 0 spiro atoms. The maximum Gasteiger partial charge on any atom is 0.249 e. The quantitative estimate of drug-likeness (QED) is 0.802. The second-order valence-corrected chi connectivity index (χ2v) is 3.14. The molecule has 0 atom stereocenters. The summed E-state index contributed by atoms with van der Waals surface area (Å²) in [6.07, 6.45) is 0. The summed E-state index contributed by atoms with van der Waals surface area (Å²) < 4.78 is 5.18. The standard InChI is InChI=1S/C12H10NO2/c1-15-11-7-6-10(12(13)14)8-4-2-3-5-9(8)11/h2-4,6-7H,1H3,(H2,13,14). The lowest BCUT2D eigenvalue weighted by Crippen LogP contribution is -2.11. The molecule has 0 fully saturated rings. The van der Waals surface area contributed by atoms with Crippen molar-refractivity contribution in [1.82, 2.24) is 0 Å². The zero-order valence-corrected chi connectivity index (χ0v) is 8.28. The Hall–Kier alpha value is -2.03. The Labute approximate surface area is 87.5 Å². The molecule has 2 rings (SSSR count). The SMILES string of the molecule is COc1ccc(C(N)=O)c2ccc[c]c12. The van der Waals surface area contributed by atoms with Gasteiger partial charge in [0.25, 0.3) is 0 Å². The van der Waals surface area contributed by atoms with Crippen molar-refractivity contribution < 1.29 is 9.53 Å². The molecule has 0 aliphatic rings. The fourth-order valence-electron chi connectivity index (χ4n) is 1.58. The highest BCUT2D eigenvalue weighted by molar-refractivity contribution is 6.07. The van der Waals surface area contributed by atoms with Crippen LogP contribution in [0.2, 0.25) is 0 Å². The monoisotopic (exact) mass is 200 g/mol. The highest BCUT2D eigenvalue weighted by atomic mass is 16.5. The van der Waals surface area contributed by atoms with Crippen LogP contribution < -0.4 is 10.5 Å². The van der Waals surface area contributed by atoms with E-state index in [-0.39, 0.29) is 0 Å². The third-order valence-corrected chi connectivity index (χ3v) is 2.28. The summed E-state index contributed by atoms with van der Waals surface area (Å²) in [6, 6.07) is 11.8. The van der Waals surface area contributed by atoms with Crippen LogP contribution in [0.4, 0.5) is 0 Å². The van der Waals surface area contributed by atoms with E-state index in [2.05, 4.69) is 6.07 Å². The van der Waals surface area contributed by atoms with Gasteiger partial charge in [0.2, 0.25) is 5.91 Å². The number of benzene rings is 2. The number of rotatable bonds is 2. The Balaban J connectivity index is 2.83. The summed E-state index contributed by atoms with van der Waals surface area (Å²) in [5, 5.41) is 1.54. The first-order valence-electron chi connectivity index (χ1n) is 4.51. The molecule has 2 N–H and O–H groups in total. The Morgan fingerprint density at radius 1 is 1.40 bits per heavy atom. The smallest absolute Gasteiger partial charge is 0.249 e. The van der Waals surface area contributed by atoms with Crippen molar-refractivity contribution in [3.8, 4) is 5.75 Å². The molecule has 0 heterocycles. The van der Waals surface area contributed by atoms with Gasteiger partial charge in [-0.2, -0.15) is 0 Å². The van der Waals surface area contributed by atoms with Crippen LogP contribution in [0.1, 0.15) is 10.4 Å². The van der Waals surface area contributed by atoms with E-state index in [4.69, 9.17) is 10.5 Å². The van der Waals surface area contributed by atoms with E-state index in [1.807, 2.05) is 12.1 Å². The Bertz CT molecular complexity index is 520. The minimum Gasteiger partial charge on any atom is -0.496 e. The number of amides is 1. The highest BCUT2D eigenvalue weighted by Crippen LogP contribution is 2.27. The lowest BCUT2D eigenvalue weighted by Gasteiger charge is -2.07. The topological polar surface area (TPSA) is 52.3 Å². The molecular formula is C12H10NO2. The molecular weight excluding hydrogens is 190 g/mol. The maximum atomic E-state index is 11.2. The molecule has 0 aliphatic carbocycles. The number of methoxy groups -OCH3 is 1. The summed E-state index contributed by atoms with van der Waals surface area (Å²) in [5.74, 6) is 0.248. The fourth-order valence-corrected chi connectivity index (χ4v) is 1.58. The van der Waals surface area contributed by atoms with Gasteiger partial charge in [0.05, 0.1) is 7.11 Å². The zero-order valence-electron chi connectivity index (χ0n) is 8.28. The summed E-state index contributed by atoms with van der Waals surface area (Å²) >= 11 is 0. The molecule has 75 valence electrons. The van der Waals surface area contributed by atoms with E-state index >= 15 is 0 Å². The fraction of sp³-hybridized carbons (Fsp3) is 0.0833. The van der Waals surface area contributed by atoms with Crippen molar-refractivity contribution in [2.24, 2.45) is 5.73 Å². The minimum absolute atomic E-state index is 0.442. The number of fused-ring (bicyclic) bond motifs is 1. The van der Waals surface area contributed by atoms with Crippen LogP contribution in [0.5, 0.6) is 5.75 Å². The first kappa shape index (κ1) is 9.52. The van der Waals surface area contributed by atoms with Gasteiger partial charge in [-0.3, -0.25) is 4.79 Å². The molecule has 15 heavy (non-hydrogen) atoms. The van der Waals surface area contributed by atoms with E-state index in [0.717, 1.165) is 10.8 Å². The third-order valence-electron chi connectivity index (χ3n) is 2.28. The largest absolute Gasteiger partial charge is 0.496 e. The summed E-state index contributed by atoms with van der Waals surface area (Å²) in [5.41, 5.74) is 5.77. The molecule has 0 aromatic heterocycles. The molecule has 2 aromatic carbocycles. The number of hydrogen-bond acceptors (Lipinski definition) is 2. The molecule has 2 aromatic rings. The van der Waals surface area contributed by atoms with Gasteiger partial charge in [-0.15, -0.1) is 0 Å². The zero-order chi connectivity index (χ0) is 10.8. The molecule has 1 radical (unpaired) electrons. The Morgan fingerprint density at radius 3 is 2.87 bits per heavy atom. The molecule has 0 bridgehead atoms. The molecule has 0 saturated heterocycles. The average Bonchev–Trinajstić information content (AvgIpc) is 2.27. The van der Waals surface area contributed by atoms with Crippen LogP contribution in [0.3, 0.4) is 0 Å². The van der Waals surface area contributed by atoms with Gasteiger partial charge < -0.3 is 10.5 Å². The molecule has 1 amide bonds. The first-order chi connectivity index (χ1) is 7.24. The van der Waals surface area contributed by atoms with Crippen LogP contribution in [-0.2, 0) is 0 Å². The van der Waals surface area contributed by atoms with Gasteiger partial charge >= 0.3 is 0 Å². The molecule has 3 heteroatoms. The number of nitrogens with two attached hydrogens (primary N) is 1. The van der Waals surface area contributed by atoms with Crippen molar-refractivity contribution >= 4 is 16.7 Å². The van der Waals surface area contributed by atoms with Crippen molar-refractivity contribution in [2.75, 3.05) is 7.11 Å². The van der Waals surface area contributed by atoms with Gasteiger partial charge in [-0.25, -0.2) is 0 Å². The highest BCUT2D eigenvalue weighted by Gasteiger charge is 2.09.